The van der Waals surface area contributed by atoms with E-state index in [9.17, 15) is 4.79 Å². The summed E-state index contributed by atoms with van der Waals surface area (Å²) < 4.78 is 5.47. The number of H-pyrrole nitrogens is 1. The largest absolute Gasteiger partial charge is 0.496 e. The Hall–Kier alpha value is -2.79. The van der Waals surface area contributed by atoms with Crippen LogP contribution in [0.2, 0.25) is 0 Å². The van der Waals surface area contributed by atoms with Crippen LogP contribution >= 0.6 is 0 Å². The van der Waals surface area contributed by atoms with Gasteiger partial charge in [0.1, 0.15) is 5.75 Å². The first-order chi connectivity index (χ1) is 13.2. The van der Waals surface area contributed by atoms with Crippen molar-refractivity contribution in [1.82, 2.24) is 14.8 Å². The van der Waals surface area contributed by atoms with Crippen molar-refractivity contribution in [2.45, 2.75) is 13.0 Å². The number of amides is 1. The Morgan fingerprint density at radius 2 is 1.81 bits per heavy atom. The predicted octanol–water partition coefficient (Wildman–Crippen LogP) is 3.70. The van der Waals surface area contributed by atoms with Crippen molar-refractivity contribution in [3.8, 4) is 5.75 Å². The molecule has 0 saturated carbocycles. The molecular formula is C22H25N3O2. The first kappa shape index (κ1) is 17.6. The van der Waals surface area contributed by atoms with Crippen LogP contribution in [0.5, 0.6) is 5.75 Å². The summed E-state index contributed by atoms with van der Waals surface area (Å²) in [5.41, 5.74) is 2.93. The average Bonchev–Trinajstić information content (AvgIpc) is 3.20. The van der Waals surface area contributed by atoms with Gasteiger partial charge in [0, 0.05) is 55.4 Å². The minimum absolute atomic E-state index is 0.0435. The van der Waals surface area contributed by atoms with E-state index in [0.29, 0.717) is 17.4 Å². The van der Waals surface area contributed by atoms with Gasteiger partial charge >= 0.3 is 0 Å². The van der Waals surface area contributed by atoms with Crippen LogP contribution in [0.3, 0.4) is 0 Å². The fourth-order valence-electron chi connectivity index (χ4n) is 3.84. The number of rotatable bonds is 4. The molecule has 5 heteroatoms. The van der Waals surface area contributed by atoms with Crippen molar-refractivity contribution in [3.63, 3.8) is 0 Å². The lowest BCUT2D eigenvalue weighted by molar-refractivity contribution is 0.0579. The maximum Gasteiger partial charge on any atom is 0.257 e. The summed E-state index contributed by atoms with van der Waals surface area (Å²) >= 11 is 0. The Kier molecular flexibility index (Phi) is 4.86. The molecule has 3 aromatic rings. The molecule has 5 nitrogen and oxygen atoms in total. The van der Waals surface area contributed by atoms with Crippen LogP contribution in [-0.2, 0) is 0 Å². The molecule has 1 aromatic heterocycles. The number of piperazine rings is 1. The van der Waals surface area contributed by atoms with Gasteiger partial charge in [-0.15, -0.1) is 0 Å². The molecule has 1 unspecified atom stereocenters. The van der Waals surface area contributed by atoms with Crippen LogP contribution in [0.25, 0.3) is 10.9 Å². The van der Waals surface area contributed by atoms with Crippen LogP contribution in [0.4, 0.5) is 0 Å². The molecule has 2 aromatic carbocycles. The number of hydrogen-bond donors (Lipinski definition) is 1. The monoisotopic (exact) mass is 363 g/mol. The molecule has 1 amide bonds. The van der Waals surface area contributed by atoms with E-state index >= 15 is 0 Å². The highest BCUT2D eigenvalue weighted by Crippen LogP contribution is 2.28. The first-order valence-electron chi connectivity index (χ1n) is 9.41. The van der Waals surface area contributed by atoms with E-state index in [1.54, 1.807) is 7.11 Å². The van der Waals surface area contributed by atoms with Gasteiger partial charge in [-0.05, 0) is 24.6 Å². The summed E-state index contributed by atoms with van der Waals surface area (Å²) in [4.78, 5) is 20.6. The van der Waals surface area contributed by atoms with Gasteiger partial charge in [0.05, 0.1) is 12.7 Å². The zero-order valence-corrected chi connectivity index (χ0v) is 15.8. The Labute approximate surface area is 159 Å². The second kappa shape index (κ2) is 7.45. The summed E-state index contributed by atoms with van der Waals surface area (Å²) in [5, 5.41) is 1.02. The molecule has 0 aliphatic carbocycles. The molecule has 0 radical (unpaired) electrons. The van der Waals surface area contributed by atoms with Crippen LogP contribution in [-0.4, -0.2) is 54.0 Å². The molecule has 1 saturated heterocycles. The molecule has 1 aliphatic rings. The summed E-state index contributed by atoms with van der Waals surface area (Å²) in [5.74, 6) is 0.664. The third-order valence-electron chi connectivity index (χ3n) is 5.53. The molecule has 0 spiro atoms. The third kappa shape index (κ3) is 3.43. The van der Waals surface area contributed by atoms with Crippen molar-refractivity contribution in [1.29, 1.82) is 0 Å². The van der Waals surface area contributed by atoms with Crippen molar-refractivity contribution in [3.05, 3.63) is 65.9 Å². The molecular weight excluding hydrogens is 338 g/mol. The molecule has 2 heterocycles. The van der Waals surface area contributed by atoms with Crippen LogP contribution in [0, 0.1) is 0 Å². The molecule has 1 fully saturated rings. The number of aromatic nitrogens is 1. The number of benzene rings is 2. The number of nitrogens with one attached hydrogen (secondary N) is 1. The predicted molar refractivity (Wildman–Crippen MR) is 107 cm³/mol. The van der Waals surface area contributed by atoms with Gasteiger partial charge in [-0.25, -0.2) is 0 Å². The van der Waals surface area contributed by atoms with Gasteiger partial charge in [-0.2, -0.15) is 0 Å². The number of methoxy groups -OCH3 is 1. The molecule has 1 aliphatic heterocycles. The molecule has 4 rings (SSSR count). The zero-order valence-electron chi connectivity index (χ0n) is 15.8. The fourth-order valence-corrected chi connectivity index (χ4v) is 3.84. The lowest BCUT2D eigenvalue weighted by atomic mass is 10.1. The maximum absolute atomic E-state index is 13.1. The van der Waals surface area contributed by atoms with Gasteiger partial charge < -0.3 is 14.6 Å². The standard InChI is InChI=1S/C22H25N3O2/c1-16(17-6-4-3-5-7-17)24-10-12-25(13-11-24)22(26)19-14-18-8-9-23-20(18)15-21(19)27-2/h3-9,14-16,23H,10-13H2,1-2H3. The van der Waals surface area contributed by atoms with E-state index in [0.717, 1.165) is 37.1 Å². The van der Waals surface area contributed by atoms with Gasteiger partial charge in [-0.3, -0.25) is 9.69 Å². The number of carbonyl (C=O) groups excluding carboxylic acids is 1. The molecule has 1 atom stereocenters. The average molecular weight is 363 g/mol. The summed E-state index contributed by atoms with van der Waals surface area (Å²) in [6, 6.07) is 16.7. The molecule has 0 bridgehead atoms. The summed E-state index contributed by atoms with van der Waals surface area (Å²) in [6.45, 7) is 5.43. The highest BCUT2D eigenvalue weighted by atomic mass is 16.5. The topological polar surface area (TPSA) is 48.6 Å². The number of aromatic amines is 1. The van der Waals surface area contributed by atoms with E-state index < -0.39 is 0 Å². The lowest BCUT2D eigenvalue weighted by Crippen LogP contribution is -2.49. The van der Waals surface area contributed by atoms with Gasteiger partial charge in [0.25, 0.3) is 5.91 Å². The van der Waals surface area contributed by atoms with Crippen molar-refractivity contribution < 1.29 is 9.53 Å². The highest BCUT2D eigenvalue weighted by molar-refractivity contribution is 6.01. The fraction of sp³-hybridized carbons (Fsp3) is 0.318. The second-order valence-electron chi connectivity index (χ2n) is 7.03. The van der Waals surface area contributed by atoms with Crippen molar-refractivity contribution >= 4 is 16.8 Å². The normalized spacial score (nSPS) is 16.4. The number of fused-ring (bicyclic) bond motifs is 1. The Morgan fingerprint density at radius 1 is 1.07 bits per heavy atom. The highest BCUT2D eigenvalue weighted by Gasteiger charge is 2.27. The molecule has 140 valence electrons. The van der Waals surface area contributed by atoms with Crippen LogP contribution < -0.4 is 4.74 Å². The van der Waals surface area contributed by atoms with Gasteiger partial charge in [0.15, 0.2) is 0 Å². The Balaban J connectivity index is 1.47. The quantitative estimate of drug-likeness (QED) is 0.769. The van der Waals surface area contributed by atoms with Gasteiger partial charge in [0.2, 0.25) is 0 Å². The number of carbonyl (C=O) groups is 1. The van der Waals surface area contributed by atoms with E-state index in [1.165, 1.54) is 5.56 Å². The SMILES string of the molecule is COc1cc2[nH]ccc2cc1C(=O)N1CCN(C(C)c2ccccc2)CC1. The Bertz CT molecular complexity index is 927. The van der Waals surface area contributed by atoms with E-state index in [2.05, 4.69) is 41.1 Å². The molecule has 27 heavy (non-hydrogen) atoms. The maximum atomic E-state index is 13.1. The summed E-state index contributed by atoms with van der Waals surface area (Å²) in [7, 11) is 1.61. The minimum atomic E-state index is 0.0435. The minimum Gasteiger partial charge on any atom is -0.496 e. The van der Waals surface area contributed by atoms with E-state index in [-0.39, 0.29) is 5.91 Å². The van der Waals surface area contributed by atoms with Crippen molar-refractivity contribution in [2.75, 3.05) is 33.3 Å². The van der Waals surface area contributed by atoms with E-state index in [1.807, 2.05) is 35.4 Å². The van der Waals surface area contributed by atoms with Crippen molar-refractivity contribution in [2.24, 2.45) is 0 Å². The third-order valence-corrected chi connectivity index (χ3v) is 5.53. The van der Waals surface area contributed by atoms with Crippen LogP contribution in [0.1, 0.15) is 28.9 Å². The number of nitrogens with zero attached hydrogens (tertiary/aromatic N) is 2. The zero-order chi connectivity index (χ0) is 18.8. The number of ether oxygens (including phenoxy) is 1. The van der Waals surface area contributed by atoms with Gasteiger partial charge in [-0.1, -0.05) is 30.3 Å². The molecule has 1 N–H and O–H groups in total. The summed E-state index contributed by atoms with van der Waals surface area (Å²) in [6.07, 6.45) is 1.88. The van der Waals surface area contributed by atoms with E-state index in [4.69, 9.17) is 4.74 Å². The number of hydrogen-bond acceptors (Lipinski definition) is 3. The Morgan fingerprint density at radius 3 is 2.52 bits per heavy atom. The first-order valence-corrected chi connectivity index (χ1v) is 9.41. The second-order valence-corrected chi connectivity index (χ2v) is 7.03. The lowest BCUT2D eigenvalue weighted by Gasteiger charge is -2.38. The smallest absolute Gasteiger partial charge is 0.257 e. The van der Waals surface area contributed by atoms with Crippen LogP contribution in [0.15, 0.2) is 54.7 Å².